The second kappa shape index (κ2) is 11.1. The van der Waals surface area contributed by atoms with Crippen molar-refractivity contribution in [2.45, 2.75) is 33.2 Å². The number of primary amides is 1. The number of piperazine rings is 1. The minimum atomic E-state index is -0.607. The molecule has 0 saturated carbocycles. The van der Waals surface area contributed by atoms with Crippen LogP contribution in [0.15, 0.2) is 36.4 Å². The number of amides is 3. The Hall–Kier alpha value is -4.41. The molecule has 3 heterocycles. The SMILES string of the molecule is Cc1cc(CNc2[nH]nc(Nc3ccc(N4CCN(C(=O)N5CCCC5)CC4)cc3)c2C(N)=O)cc(C)c1O. The van der Waals surface area contributed by atoms with E-state index in [2.05, 4.69) is 25.7 Å². The van der Waals surface area contributed by atoms with Crippen LogP contribution in [0.4, 0.5) is 27.8 Å². The smallest absolute Gasteiger partial charge is 0.320 e. The number of aryl methyl sites for hydroxylation is 2. The molecule has 6 N–H and O–H groups in total. The summed E-state index contributed by atoms with van der Waals surface area (Å²) in [4.78, 5) is 31.1. The van der Waals surface area contributed by atoms with E-state index in [0.717, 1.165) is 67.1 Å². The molecule has 0 spiro atoms. The van der Waals surface area contributed by atoms with Gasteiger partial charge in [0.25, 0.3) is 5.91 Å². The van der Waals surface area contributed by atoms with Gasteiger partial charge in [-0.2, -0.15) is 5.10 Å². The summed E-state index contributed by atoms with van der Waals surface area (Å²) < 4.78 is 0. The van der Waals surface area contributed by atoms with Crippen molar-refractivity contribution in [2.24, 2.45) is 5.73 Å². The summed E-state index contributed by atoms with van der Waals surface area (Å²) in [6.45, 7) is 8.86. The van der Waals surface area contributed by atoms with E-state index in [4.69, 9.17) is 5.73 Å². The lowest BCUT2D eigenvalue weighted by Crippen LogP contribution is -2.52. The number of carbonyl (C=O) groups excluding carboxylic acids is 2. The van der Waals surface area contributed by atoms with Crippen molar-refractivity contribution in [3.8, 4) is 5.75 Å². The van der Waals surface area contributed by atoms with Crippen molar-refractivity contribution in [1.29, 1.82) is 0 Å². The zero-order chi connectivity index (χ0) is 27.5. The van der Waals surface area contributed by atoms with Crippen LogP contribution in [0.1, 0.15) is 39.9 Å². The molecule has 11 nitrogen and oxygen atoms in total. The number of aromatic amines is 1. The van der Waals surface area contributed by atoms with Crippen molar-refractivity contribution in [3.05, 3.63) is 58.7 Å². The summed E-state index contributed by atoms with van der Waals surface area (Å²) in [5.74, 6) is 0.437. The molecule has 1 aromatic heterocycles. The normalized spacial score (nSPS) is 15.5. The van der Waals surface area contributed by atoms with Gasteiger partial charge in [0.2, 0.25) is 0 Å². The first-order chi connectivity index (χ1) is 18.8. The number of nitrogens with zero attached hydrogens (tertiary/aromatic N) is 4. The summed E-state index contributed by atoms with van der Waals surface area (Å²) in [5.41, 5.74) is 10.3. The summed E-state index contributed by atoms with van der Waals surface area (Å²) in [5, 5.41) is 23.5. The number of carbonyl (C=O) groups is 2. The quantitative estimate of drug-likeness (QED) is 0.313. The highest BCUT2D eigenvalue weighted by Crippen LogP contribution is 2.28. The molecule has 0 bridgehead atoms. The molecule has 2 aromatic carbocycles. The van der Waals surface area contributed by atoms with Gasteiger partial charge in [0.05, 0.1) is 0 Å². The third-order valence-corrected chi connectivity index (χ3v) is 7.45. The van der Waals surface area contributed by atoms with Gasteiger partial charge in [-0.3, -0.25) is 9.89 Å². The summed E-state index contributed by atoms with van der Waals surface area (Å²) in [6.07, 6.45) is 2.20. The van der Waals surface area contributed by atoms with Crippen molar-refractivity contribution < 1.29 is 14.7 Å². The lowest BCUT2D eigenvalue weighted by atomic mass is 10.1. The average molecular weight is 533 g/mol. The number of phenolic OH excluding ortho intramolecular Hbond substituents is 1. The fourth-order valence-corrected chi connectivity index (χ4v) is 5.30. The van der Waals surface area contributed by atoms with Gasteiger partial charge in [-0.15, -0.1) is 0 Å². The molecule has 0 radical (unpaired) electrons. The van der Waals surface area contributed by atoms with Gasteiger partial charge in [0.1, 0.15) is 17.1 Å². The number of hydrogen-bond acceptors (Lipinski definition) is 7. The second-order valence-electron chi connectivity index (χ2n) is 10.2. The fourth-order valence-electron chi connectivity index (χ4n) is 5.30. The van der Waals surface area contributed by atoms with Crippen molar-refractivity contribution in [2.75, 3.05) is 54.8 Å². The standard InChI is InChI=1S/C28H36N8O3/c1-18-15-20(16-19(2)24(18)37)17-30-26-23(25(29)38)27(33-32-26)31-21-5-7-22(8-6-21)34-11-13-36(14-12-34)28(39)35-9-3-4-10-35/h5-8,15-16,37H,3-4,9-14,17H2,1-2H3,(H2,29,38)(H3,30,31,32,33). The number of anilines is 4. The van der Waals surface area contributed by atoms with Crippen molar-refractivity contribution in [3.63, 3.8) is 0 Å². The number of phenols is 1. The Morgan fingerprint density at radius 1 is 0.974 bits per heavy atom. The fraction of sp³-hybridized carbons (Fsp3) is 0.393. The molecule has 39 heavy (non-hydrogen) atoms. The Kier molecular flexibility index (Phi) is 7.49. The monoisotopic (exact) mass is 532 g/mol. The predicted molar refractivity (Wildman–Crippen MR) is 152 cm³/mol. The molecule has 206 valence electrons. The highest BCUT2D eigenvalue weighted by Gasteiger charge is 2.27. The third-order valence-electron chi connectivity index (χ3n) is 7.45. The van der Waals surface area contributed by atoms with Crippen LogP contribution in [0.5, 0.6) is 5.75 Å². The van der Waals surface area contributed by atoms with Crippen LogP contribution < -0.4 is 21.3 Å². The number of urea groups is 1. The van der Waals surface area contributed by atoms with Crippen molar-refractivity contribution in [1.82, 2.24) is 20.0 Å². The first-order valence-electron chi connectivity index (χ1n) is 13.4. The second-order valence-corrected chi connectivity index (χ2v) is 10.2. The molecule has 3 amide bonds. The molecule has 3 aromatic rings. The Morgan fingerprint density at radius 3 is 2.21 bits per heavy atom. The molecule has 2 aliphatic rings. The predicted octanol–water partition coefficient (Wildman–Crippen LogP) is 3.52. The van der Waals surface area contributed by atoms with E-state index in [1.165, 1.54) is 0 Å². The Morgan fingerprint density at radius 2 is 1.59 bits per heavy atom. The highest BCUT2D eigenvalue weighted by molar-refractivity contribution is 6.03. The zero-order valence-electron chi connectivity index (χ0n) is 22.5. The molecule has 5 rings (SSSR count). The van der Waals surface area contributed by atoms with Gasteiger partial charge in [-0.05, 0) is 67.6 Å². The number of nitrogens with two attached hydrogens (primary N) is 1. The number of benzene rings is 2. The highest BCUT2D eigenvalue weighted by atomic mass is 16.3. The number of likely N-dealkylation sites (tertiary alicyclic amines) is 1. The number of nitrogens with one attached hydrogen (secondary N) is 3. The topological polar surface area (TPSA) is 143 Å². The summed E-state index contributed by atoms with van der Waals surface area (Å²) >= 11 is 0. The number of aromatic hydroxyl groups is 1. The lowest BCUT2D eigenvalue weighted by Gasteiger charge is -2.37. The third kappa shape index (κ3) is 5.71. The van der Waals surface area contributed by atoms with Crippen LogP contribution in [0.3, 0.4) is 0 Å². The van der Waals surface area contributed by atoms with Gasteiger partial charge in [-0.1, -0.05) is 12.1 Å². The van der Waals surface area contributed by atoms with E-state index >= 15 is 0 Å². The van der Waals surface area contributed by atoms with Crippen LogP contribution >= 0.6 is 0 Å². The molecule has 2 saturated heterocycles. The Balaban J connectivity index is 1.20. The molecular formula is C28H36N8O3. The Bertz CT molecular complexity index is 1320. The van der Waals surface area contributed by atoms with E-state index in [0.29, 0.717) is 31.3 Å². The number of H-pyrrole nitrogens is 1. The average Bonchev–Trinajstić information content (AvgIpc) is 3.61. The maximum atomic E-state index is 12.7. The van der Waals surface area contributed by atoms with E-state index in [-0.39, 0.29) is 17.3 Å². The maximum Gasteiger partial charge on any atom is 0.320 e. The minimum Gasteiger partial charge on any atom is -0.507 e. The van der Waals surface area contributed by atoms with E-state index in [9.17, 15) is 14.7 Å². The van der Waals surface area contributed by atoms with Gasteiger partial charge in [-0.25, -0.2) is 4.79 Å². The molecule has 0 aliphatic carbocycles. The van der Waals surface area contributed by atoms with Crippen LogP contribution in [-0.4, -0.2) is 76.3 Å². The van der Waals surface area contributed by atoms with Crippen LogP contribution in [0, 0.1) is 13.8 Å². The van der Waals surface area contributed by atoms with Crippen LogP contribution in [0.2, 0.25) is 0 Å². The molecule has 2 aliphatic heterocycles. The van der Waals surface area contributed by atoms with E-state index in [1.54, 1.807) is 0 Å². The van der Waals surface area contributed by atoms with E-state index in [1.807, 2.05) is 60.0 Å². The van der Waals surface area contributed by atoms with Gasteiger partial charge in [0.15, 0.2) is 5.82 Å². The van der Waals surface area contributed by atoms with Gasteiger partial charge < -0.3 is 36.2 Å². The molecule has 0 atom stereocenters. The van der Waals surface area contributed by atoms with Crippen LogP contribution in [-0.2, 0) is 6.54 Å². The largest absolute Gasteiger partial charge is 0.507 e. The summed E-state index contributed by atoms with van der Waals surface area (Å²) in [7, 11) is 0. The maximum absolute atomic E-state index is 12.7. The Labute approximate surface area is 228 Å². The molecule has 0 unspecified atom stereocenters. The minimum absolute atomic E-state index is 0.165. The van der Waals surface area contributed by atoms with Gasteiger partial charge in [0, 0.05) is 57.2 Å². The van der Waals surface area contributed by atoms with Crippen LogP contribution in [0.25, 0.3) is 0 Å². The first-order valence-corrected chi connectivity index (χ1v) is 13.4. The van der Waals surface area contributed by atoms with E-state index < -0.39 is 5.91 Å². The molecule has 11 heteroatoms. The van der Waals surface area contributed by atoms with Gasteiger partial charge >= 0.3 is 6.03 Å². The molecular weight excluding hydrogens is 496 g/mol. The lowest BCUT2D eigenvalue weighted by molar-refractivity contribution is 0.100. The summed E-state index contributed by atoms with van der Waals surface area (Å²) in [6, 6.07) is 11.9. The number of hydrogen-bond donors (Lipinski definition) is 5. The molecule has 2 fully saturated rings. The van der Waals surface area contributed by atoms with Crippen molar-refractivity contribution >= 4 is 34.9 Å². The zero-order valence-corrected chi connectivity index (χ0v) is 22.5. The first kappa shape index (κ1) is 26.2. The number of aromatic nitrogens is 2. The number of rotatable bonds is 7.